The zero-order valence-corrected chi connectivity index (χ0v) is 17.3. The molecule has 2 amide bonds. The average Bonchev–Trinajstić information content (AvgIpc) is 3.14. The minimum absolute atomic E-state index is 0.0919. The fourth-order valence-electron chi connectivity index (χ4n) is 2.74. The summed E-state index contributed by atoms with van der Waals surface area (Å²) >= 11 is 1.30. The zero-order chi connectivity index (χ0) is 21.2. The van der Waals surface area contributed by atoms with Gasteiger partial charge in [0, 0.05) is 30.8 Å². The van der Waals surface area contributed by atoms with Crippen molar-refractivity contribution in [3.63, 3.8) is 0 Å². The molecule has 154 valence electrons. The molecule has 0 bridgehead atoms. The Kier molecular flexibility index (Phi) is 7.79. The molecule has 3 rings (SSSR count). The molecule has 2 aromatic carbocycles. The number of benzene rings is 2. The van der Waals surface area contributed by atoms with E-state index >= 15 is 0 Å². The third kappa shape index (κ3) is 6.31. The van der Waals surface area contributed by atoms with Gasteiger partial charge >= 0.3 is 0 Å². The summed E-state index contributed by atoms with van der Waals surface area (Å²) in [7, 11) is 0. The highest BCUT2D eigenvalue weighted by molar-refractivity contribution is 7.99. The van der Waals surface area contributed by atoms with Crippen LogP contribution in [0.4, 0.5) is 11.4 Å². The van der Waals surface area contributed by atoms with E-state index in [1.807, 2.05) is 65.2 Å². The number of thioether (sulfide) groups is 1. The van der Waals surface area contributed by atoms with E-state index < -0.39 is 0 Å². The summed E-state index contributed by atoms with van der Waals surface area (Å²) in [5, 5.41) is 14.7. The van der Waals surface area contributed by atoms with E-state index in [4.69, 9.17) is 0 Å². The van der Waals surface area contributed by atoms with Crippen molar-refractivity contribution in [2.75, 3.05) is 16.4 Å². The maximum absolute atomic E-state index is 12.2. The lowest BCUT2D eigenvalue weighted by molar-refractivity contribution is -0.116. The quantitative estimate of drug-likeness (QED) is 0.384. The van der Waals surface area contributed by atoms with Crippen LogP contribution in [0.25, 0.3) is 0 Å². The number of carbonyl (C=O) groups excluding carboxylic acids is 2. The van der Waals surface area contributed by atoms with E-state index in [9.17, 15) is 9.59 Å². The molecule has 0 saturated carbocycles. The molecule has 0 saturated heterocycles. The van der Waals surface area contributed by atoms with Crippen molar-refractivity contribution in [1.82, 2.24) is 14.8 Å². The molecule has 30 heavy (non-hydrogen) atoms. The average molecular weight is 422 g/mol. The molecular formula is C22H23N5O2S. The van der Waals surface area contributed by atoms with E-state index in [-0.39, 0.29) is 24.0 Å². The van der Waals surface area contributed by atoms with Crippen LogP contribution < -0.4 is 10.6 Å². The number of aryl methyl sites for hydroxylation is 1. The largest absolute Gasteiger partial charge is 0.326 e. The van der Waals surface area contributed by atoms with Crippen LogP contribution in [0, 0.1) is 0 Å². The smallest absolute Gasteiger partial charge is 0.234 e. The van der Waals surface area contributed by atoms with Crippen molar-refractivity contribution in [2.24, 2.45) is 0 Å². The second-order valence-corrected chi connectivity index (χ2v) is 7.36. The molecule has 1 aromatic heterocycles. The van der Waals surface area contributed by atoms with Gasteiger partial charge in [0.2, 0.25) is 11.8 Å². The Bertz CT molecular complexity index is 914. The van der Waals surface area contributed by atoms with Gasteiger partial charge in [-0.15, -0.1) is 16.8 Å². The highest BCUT2D eigenvalue weighted by atomic mass is 32.2. The van der Waals surface area contributed by atoms with Crippen molar-refractivity contribution in [2.45, 2.75) is 24.5 Å². The van der Waals surface area contributed by atoms with Crippen LogP contribution in [0.3, 0.4) is 0 Å². The number of hydrogen-bond donors (Lipinski definition) is 2. The van der Waals surface area contributed by atoms with Crippen LogP contribution in [0.2, 0.25) is 0 Å². The predicted molar refractivity (Wildman–Crippen MR) is 119 cm³/mol. The molecule has 0 radical (unpaired) electrons. The molecule has 0 unspecified atom stereocenters. The Labute approximate surface area is 179 Å². The first-order valence-electron chi connectivity index (χ1n) is 9.51. The molecule has 0 aliphatic heterocycles. The first kappa shape index (κ1) is 21.3. The molecule has 7 nitrogen and oxygen atoms in total. The van der Waals surface area contributed by atoms with Crippen molar-refractivity contribution >= 4 is 35.0 Å². The van der Waals surface area contributed by atoms with Gasteiger partial charge in [-0.3, -0.25) is 9.59 Å². The van der Waals surface area contributed by atoms with Crippen LogP contribution in [0.1, 0.15) is 12.2 Å². The zero-order valence-electron chi connectivity index (χ0n) is 16.5. The molecule has 0 aliphatic carbocycles. The molecule has 8 heteroatoms. The normalized spacial score (nSPS) is 10.4. The lowest BCUT2D eigenvalue weighted by Crippen LogP contribution is -2.15. The lowest BCUT2D eigenvalue weighted by atomic mass is 10.2. The summed E-state index contributed by atoms with van der Waals surface area (Å²) in [6.07, 6.45) is 2.46. The van der Waals surface area contributed by atoms with Crippen molar-refractivity contribution < 1.29 is 9.59 Å². The number of carbonyl (C=O) groups is 2. The first-order chi connectivity index (χ1) is 14.7. The Morgan fingerprint density at radius 1 is 0.933 bits per heavy atom. The van der Waals surface area contributed by atoms with Gasteiger partial charge in [-0.05, 0) is 24.3 Å². The van der Waals surface area contributed by atoms with Gasteiger partial charge < -0.3 is 15.2 Å². The van der Waals surface area contributed by atoms with Crippen LogP contribution in [-0.2, 0) is 22.6 Å². The molecule has 0 atom stereocenters. The van der Waals surface area contributed by atoms with Gasteiger partial charge in [-0.2, -0.15) is 0 Å². The van der Waals surface area contributed by atoms with Gasteiger partial charge in [-0.25, -0.2) is 0 Å². The standard InChI is InChI=1S/C22H23N5O2S/c1-2-15-27-19(13-14-20(28)23-17-9-5-3-6-10-17)25-26-22(27)30-16-21(29)24-18-11-7-4-8-12-18/h2-12H,1,13-16H2,(H,23,28)(H,24,29). The predicted octanol–water partition coefficient (Wildman–Crippen LogP) is 3.77. The van der Waals surface area contributed by atoms with Gasteiger partial charge in [0.15, 0.2) is 5.16 Å². The number of allylic oxidation sites excluding steroid dienone is 1. The second kappa shape index (κ2) is 11.0. The van der Waals surface area contributed by atoms with Crippen LogP contribution >= 0.6 is 11.8 Å². The van der Waals surface area contributed by atoms with Gasteiger partial charge in [0.05, 0.1) is 5.75 Å². The Morgan fingerprint density at radius 2 is 1.53 bits per heavy atom. The van der Waals surface area contributed by atoms with Gasteiger partial charge in [0.1, 0.15) is 5.82 Å². The summed E-state index contributed by atoms with van der Waals surface area (Å²) in [6.45, 7) is 4.28. The number of aromatic nitrogens is 3. The van der Waals surface area contributed by atoms with E-state index in [1.54, 1.807) is 6.08 Å². The first-order valence-corrected chi connectivity index (χ1v) is 10.5. The monoisotopic (exact) mass is 421 g/mol. The summed E-state index contributed by atoms with van der Waals surface area (Å²) in [4.78, 5) is 24.4. The number of anilines is 2. The maximum atomic E-state index is 12.2. The van der Waals surface area contributed by atoms with Crippen LogP contribution in [0.5, 0.6) is 0 Å². The summed E-state index contributed by atoms with van der Waals surface area (Å²) in [6, 6.07) is 18.6. The fraction of sp³-hybridized carbons (Fsp3) is 0.182. The van der Waals surface area contributed by atoms with Crippen molar-refractivity contribution in [3.8, 4) is 0 Å². The van der Waals surface area contributed by atoms with E-state index in [0.717, 1.165) is 11.4 Å². The highest BCUT2D eigenvalue weighted by Crippen LogP contribution is 2.19. The Morgan fingerprint density at radius 3 is 2.13 bits per heavy atom. The number of nitrogens with one attached hydrogen (secondary N) is 2. The Balaban J connectivity index is 1.55. The topological polar surface area (TPSA) is 88.9 Å². The van der Waals surface area contributed by atoms with Gasteiger partial charge in [-0.1, -0.05) is 54.2 Å². The third-order valence-electron chi connectivity index (χ3n) is 4.13. The van der Waals surface area contributed by atoms with E-state index in [0.29, 0.717) is 23.9 Å². The van der Waals surface area contributed by atoms with Crippen molar-refractivity contribution in [1.29, 1.82) is 0 Å². The fourth-order valence-corrected chi connectivity index (χ4v) is 3.51. The molecule has 0 aliphatic rings. The maximum Gasteiger partial charge on any atom is 0.234 e. The number of amides is 2. The van der Waals surface area contributed by atoms with Crippen molar-refractivity contribution in [3.05, 3.63) is 79.1 Å². The minimum atomic E-state index is -0.122. The summed E-state index contributed by atoms with van der Waals surface area (Å²) < 4.78 is 1.88. The van der Waals surface area contributed by atoms with Crippen LogP contribution in [0.15, 0.2) is 78.5 Å². The van der Waals surface area contributed by atoms with E-state index in [1.165, 1.54) is 11.8 Å². The molecule has 3 aromatic rings. The van der Waals surface area contributed by atoms with Crippen LogP contribution in [-0.4, -0.2) is 32.3 Å². The number of nitrogens with zero attached hydrogens (tertiary/aromatic N) is 3. The molecule has 2 N–H and O–H groups in total. The third-order valence-corrected chi connectivity index (χ3v) is 5.10. The SMILES string of the molecule is C=CCn1c(CCC(=O)Nc2ccccc2)nnc1SCC(=O)Nc1ccccc1. The number of hydrogen-bond acceptors (Lipinski definition) is 5. The lowest BCUT2D eigenvalue weighted by Gasteiger charge is -2.08. The molecular weight excluding hydrogens is 398 g/mol. The Hall–Kier alpha value is -3.39. The molecule has 1 heterocycles. The summed E-state index contributed by atoms with van der Waals surface area (Å²) in [5.41, 5.74) is 1.51. The molecule has 0 fully saturated rings. The number of rotatable bonds is 10. The van der Waals surface area contributed by atoms with Gasteiger partial charge in [0.25, 0.3) is 0 Å². The molecule has 0 spiro atoms. The summed E-state index contributed by atoms with van der Waals surface area (Å²) in [5.74, 6) is 0.677. The van der Waals surface area contributed by atoms with E-state index in [2.05, 4.69) is 27.4 Å². The number of para-hydroxylation sites is 2. The highest BCUT2D eigenvalue weighted by Gasteiger charge is 2.15. The minimum Gasteiger partial charge on any atom is -0.326 e. The second-order valence-electron chi connectivity index (χ2n) is 6.42.